The Hall–Kier alpha value is -3.41. The van der Waals surface area contributed by atoms with Crippen LogP contribution in [0.25, 0.3) is 0 Å². The Morgan fingerprint density at radius 3 is 2.88 bits per heavy atom. The van der Waals surface area contributed by atoms with Crippen LogP contribution in [0.4, 0.5) is 0 Å². The number of aromatic nitrogens is 1. The molecule has 0 bridgehead atoms. The molecule has 3 aromatic rings. The summed E-state index contributed by atoms with van der Waals surface area (Å²) in [5.74, 6) is -0.0587. The lowest BCUT2D eigenvalue weighted by molar-refractivity contribution is 0.0953. The molecule has 0 saturated carbocycles. The van der Waals surface area contributed by atoms with Gasteiger partial charge in [-0.2, -0.15) is 5.10 Å². The van der Waals surface area contributed by atoms with Crippen molar-refractivity contribution in [2.24, 2.45) is 5.10 Å². The van der Waals surface area contributed by atoms with Gasteiger partial charge < -0.3 is 8.98 Å². The number of rotatable bonds is 5. The number of nitrogens with one attached hydrogen (secondary N) is 1. The number of carbonyl (C=O) groups excluding carboxylic acids is 1. The van der Waals surface area contributed by atoms with E-state index < -0.39 is 5.91 Å². The number of furan rings is 1. The molecule has 126 valence electrons. The molecule has 1 N–H and O–H groups in total. The fourth-order valence-corrected chi connectivity index (χ4v) is 2.42. The van der Waals surface area contributed by atoms with Gasteiger partial charge in [-0.1, -0.05) is 29.8 Å². The summed E-state index contributed by atoms with van der Waals surface area (Å²) >= 11 is 0. The zero-order valence-electron chi connectivity index (χ0n) is 13.7. The highest BCUT2D eigenvalue weighted by Crippen LogP contribution is 2.05. The van der Waals surface area contributed by atoms with Crippen LogP contribution in [-0.2, 0) is 6.54 Å². The third-order valence-corrected chi connectivity index (χ3v) is 3.60. The molecule has 0 unspecified atom stereocenters. The molecule has 0 fully saturated rings. The lowest BCUT2D eigenvalue weighted by atomic mass is 10.1. The van der Waals surface area contributed by atoms with E-state index in [1.807, 2.05) is 31.2 Å². The van der Waals surface area contributed by atoms with Crippen molar-refractivity contribution in [2.75, 3.05) is 0 Å². The van der Waals surface area contributed by atoms with Crippen molar-refractivity contribution >= 4 is 12.1 Å². The first-order valence-corrected chi connectivity index (χ1v) is 7.75. The first-order valence-electron chi connectivity index (χ1n) is 7.75. The molecule has 0 saturated heterocycles. The summed E-state index contributed by atoms with van der Waals surface area (Å²) in [6.45, 7) is 2.39. The highest BCUT2D eigenvalue weighted by molar-refractivity contribution is 5.94. The number of hydrogen-bond acceptors (Lipinski definition) is 4. The number of pyridine rings is 1. The van der Waals surface area contributed by atoms with E-state index in [2.05, 4.69) is 10.5 Å². The Kier molecular flexibility index (Phi) is 4.89. The second kappa shape index (κ2) is 7.44. The second-order valence-electron chi connectivity index (χ2n) is 5.56. The average molecular weight is 335 g/mol. The molecular formula is C19H17N3O3. The number of aryl methyl sites for hydroxylation is 1. The maximum Gasteiger partial charge on any atom is 0.276 e. The van der Waals surface area contributed by atoms with Crippen molar-refractivity contribution < 1.29 is 9.21 Å². The van der Waals surface area contributed by atoms with E-state index in [-0.39, 0.29) is 11.1 Å². The summed E-state index contributed by atoms with van der Waals surface area (Å²) in [7, 11) is 0. The summed E-state index contributed by atoms with van der Waals surface area (Å²) < 4.78 is 6.57. The van der Waals surface area contributed by atoms with Crippen molar-refractivity contribution in [3.8, 4) is 0 Å². The molecule has 6 heteroatoms. The van der Waals surface area contributed by atoms with Gasteiger partial charge in [0.15, 0.2) is 0 Å². The molecule has 0 atom stereocenters. The van der Waals surface area contributed by atoms with Gasteiger partial charge in [0.05, 0.1) is 19.0 Å². The van der Waals surface area contributed by atoms with Gasteiger partial charge in [-0.05, 0) is 36.8 Å². The molecule has 0 aliphatic carbocycles. The molecule has 0 aliphatic rings. The van der Waals surface area contributed by atoms with Crippen molar-refractivity contribution in [2.45, 2.75) is 13.5 Å². The lowest BCUT2D eigenvalue weighted by Gasteiger charge is -2.08. The molecule has 25 heavy (non-hydrogen) atoms. The first-order chi connectivity index (χ1) is 12.1. The van der Waals surface area contributed by atoms with Crippen LogP contribution in [0.2, 0.25) is 0 Å². The number of carbonyl (C=O) groups is 1. The van der Waals surface area contributed by atoms with E-state index >= 15 is 0 Å². The minimum absolute atomic E-state index is 0.0340. The van der Waals surface area contributed by atoms with Gasteiger partial charge in [0.1, 0.15) is 11.3 Å². The van der Waals surface area contributed by atoms with Crippen molar-refractivity contribution in [1.82, 2.24) is 9.99 Å². The summed E-state index contributed by atoms with van der Waals surface area (Å²) in [6, 6.07) is 14.4. The highest BCUT2D eigenvalue weighted by Gasteiger charge is 2.11. The van der Waals surface area contributed by atoms with Crippen molar-refractivity contribution in [1.29, 1.82) is 0 Å². The Morgan fingerprint density at radius 1 is 1.24 bits per heavy atom. The van der Waals surface area contributed by atoms with Crippen LogP contribution in [0, 0.1) is 6.92 Å². The van der Waals surface area contributed by atoms with E-state index in [9.17, 15) is 9.59 Å². The van der Waals surface area contributed by atoms with E-state index in [0.29, 0.717) is 12.3 Å². The van der Waals surface area contributed by atoms with Gasteiger partial charge >= 0.3 is 0 Å². The van der Waals surface area contributed by atoms with Gasteiger partial charge in [-0.25, -0.2) is 5.43 Å². The Labute approximate surface area is 144 Å². The minimum atomic E-state index is -0.564. The van der Waals surface area contributed by atoms with Crippen LogP contribution < -0.4 is 11.0 Å². The largest absolute Gasteiger partial charge is 0.463 e. The molecule has 0 aliphatic heterocycles. The topological polar surface area (TPSA) is 76.6 Å². The maximum atomic E-state index is 12.5. The van der Waals surface area contributed by atoms with Crippen LogP contribution >= 0.6 is 0 Å². The molecule has 1 aromatic carbocycles. The number of hydrazone groups is 1. The van der Waals surface area contributed by atoms with Crippen LogP contribution in [0.15, 0.2) is 75.3 Å². The van der Waals surface area contributed by atoms with Crippen molar-refractivity contribution in [3.05, 3.63) is 93.8 Å². The third kappa shape index (κ3) is 4.11. The predicted octanol–water partition coefficient (Wildman–Crippen LogP) is 2.56. The number of hydrogen-bond donors (Lipinski definition) is 1. The van der Waals surface area contributed by atoms with Crippen LogP contribution in [0.5, 0.6) is 0 Å². The van der Waals surface area contributed by atoms with Gasteiger partial charge in [0.25, 0.3) is 11.5 Å². The number of benzene rings is 1. The lowest BCUT2D eigenvalue weighted by Crippen LogP contribution is -2.30. The number of amides is 1. The molecular weight excluding hydrogens is 318 g/mol. The van der Waals surface area contributed by atoms with Gasteiger partial charge in [-0.3, -0.25) is 9.59 Å². The van der Waals surface area contributed by atoms with Gasteiger partial charge in [-0.15, -0.1) is 0 Å². The molecule has 0 radical (unpaired) electrons. The smallest absolute Gasteiger partial charge is 0.276 e. The standard InChI is InChI=1S/C19H17N3O3/c1-14-5-2-6-15(11-14)13-22-9-3-8-17(19(22)24)18(23)21-20-12-16-7-4-10-25-16/h2-12H,13H2,1H3,(H,21,23)/b20-12-. The Morgan fingerprint density at radius 2 is 2.12 bits per heavy atom. The molecule has 3 rings (SSSR count). The van der Waals surface area contributed by atoms with E-state index in [1.54, 1.807) is 24.4 Å². The first kappa shape index (κ1) is 16.4. The van der Waals surface area contributed by atoms with Crippen LogP contribution in [0.1, 0.15) is 27.2 Å². The number of nitrogens with zero attached hydrogens (tertiary/aromatic N) is 2. The highest BCUT2D eigenvalue weighted by atomic mass is 16.3. The molecule has 2 heterocycles. The zero-order chi connectivity index (χ0) is 17.6. The SMILES string of the molecule is Cc1cccc(Cn2cccc(C(=O)N/N=C\c3ccco3)c2=O)c1. The van der Waals surface area contributed by atoms with Crippen molar-refractivity contribution in [3.63, 3.8) is 0 Å². The van der Waals surface area contributed by atoms with Crippen LogP contribution in [0.3, 0.4) is 0 Å². The minimum Gasteiger partial charge on any atom is -0.463 e. The normalized spacial score (nSPS) is 10.9. The Balaban J connectivity index is 1.76. The third-order valence-electron chi connectivity index (χ3n) is 3.60. The molecule has 0 spiro atoms. The summed E-state index contributed by atoms with van der Waals surface area (Å²) in [6.07, 6.45) is 4.53. The molecule has 1 amide bonds. The molecule has 2 aromatic heterocycles. The van der Waals surface area contributed by atoms with E-state index in [1.165, 1.54) is 23.1 Å². The predicted molar refractivity (Wildman–Crippen MR) is 94.8 cm³/mol. The fraction of sp³-hybridized carbons (Fsp3) is 0.105. The van der Waals surface area contributed by atoms with E-state index in [0.717, 1.165) is 11.1 Å². The zero-order valence-corrected chi connectivity index (χ0v) is 13.7. The van der Waals surface area contributed by atoms with E-state index in [4.69, 9.17) is 4.42 Å². The van der Waals surface area contributed by atoms with Gasteiger partial charge in [0.2, 0.25) is 0 Å². The molecule has 6 nitrogen and oxygen atoms in total. The summed E-state index contributed by atoms with van der Waals surface area (Å²) in [4.78, 5) is 24.7. The summed E-state index contributed by atoms with van der Waals surface area (Å²) in [5, 5.41) is 3.79. The van der Waals surface area contributed by atoms with Gasteiger partial charge in [0, 0.05) is 6.20 Å². The Bertz CT molecular complexity index is 956. The van der Waals surface area contributed by atoms with Crippen LogP contribution in [-0.4, -0.2) is 16.7 Å². The monoisotopic (exact) mass is 335 g/mol. The maximum absolute atomic E-state index is 12.5. The second-order valence-corrected chi connectivity index (χ2v) is 5.56. The average Bonchev–Trinajstić information content (AvgIpc) is 3.10. The summed E-state index contributed by atoms with van der Waals surface area (Å²) in [5.41, 5.74) is 4.12. The quantitative estimate of drug-likeness (QED) is 0.575. The fourth-order valence-electron chi connectivity index (χ4n) is 2.42.